The summed E-state index contributed by atoms with van der Waals surface area (Å²) in [4.78, 5) is 0. The Morgan fingerprint density at radius 3 is 2.35 bits per heavy atom. The third-order valence-electron chi connectivity index (χ3n) is 3.79. The van der Waals surface area contributed by atoms with E-state index >= 15 is 0 Å². The summed E-state index contributed by atoms with van der Waals surface area (Å²) >= 11 is 1.50. The van der Waals surface area contributed by atoms with Crippen LogP contribution in [0.25, 0.3) is 0 Å². The van der Waals surface area contributed by atoms with Crippen molar-refractivity contribution >= 4 is 11.3 Å². The molecule has 0 saturated heterocycles. The standard InChI is InChI=1S/C19H26O3S/c1-18(2,3)12-19(4,5)14-9-13(17(21)15(20)10-14)11-22-16-7-6-8-23-16/h6-10,20-21H,11-12H2,1-5H3. The second-order valence-corrected chi connectivity index (χ2v) is 8.76. The average molecular weight is 334 g/mol. The van der Waals surface area contributed by atoms with Crippen LogP contribution in [0.5, 0.6) is 16.6 Å². The fraction of sp³-hybridized carbons (Fsp3) is 0.474. The van der Waals surface area contributed by atoms with Crippen molar-refractivity contribution in [3.63, 3.8) is 0 Å². The van der Waals surface area contributed by atoms with Gasteiger partial charge in [0.15, 0.2) is 16.6 Å². The molecule has 4 heteroatoms. The molecular formula is C19H26O3S. The van der Waals surface area contributed by atoms with Crippen molar-refractivity contribution in [2.45, 2.75) is 53.1 Å². The lowest BCUT2D eigenvalue weighted by atomic mass is 9.72. The predicted molar refractivity (Wildman–Crippen MR) is 95.5 cm³/mol. The molecule has 0 amide bonds. The van der Waals surface area contributed by atoms with Crippen molar-refractivity contribution in [1.29, 1.82) is 0 Å². The molecule has 1 heterocycles. The molecule has 2 aromatic rings. The molecule has 0 fully saturated rings. The maximum atomic E-state index is 10.1. The largest absolute Gasteiger partial charge is 0.504 e. The molecule has 0 spiro atoms. The highest BCUT2D eigenvalue weighted by Crippen LogP contribution is 2.41. The lowest BCUT2D eigenvalue weighted by Crippen LogP contribution is -2.25. The van der Waals surface area contributed by atoms with E-state index in [0.717, 1.165) is 17.0 Å². The molecule has 1 aromatic heterocycles. The van der Waals surface area contributed by atoms with Gasteiger partial charge in [0.05, 0.1) is 0 Å². The highest BCUT2D eigenvalue weighted by atomic mass is 32.1. The van der Waals surface area contributed by atoms with E-state index in [1.807, 2.05) is 23.6 Å². The highest BCUT2D eigenvalue weighted by Gasteiger charge is 2.28. The summed E-state index contributed by atoms with van der Waals surface area (Å²) in [5.41, 5.74) is 1.68. The first-order valence-corrected chi connectivity index (χ1v) is 8.68. The van der Waals surface area contributed by atoms with Crippen LogP contribution in [0, 0.1) is 5.41 Å². The second kappa shape index (κ2) is 6.44. The first-order valence-electron chi connectivity index (χ1n) is 7.80. The van der Waals surface area contributed by atoms with E-state index in [1.165, 1.54) is 11.3 Å². The Morgan fingerprint density at radius 1 is 1.09 bits per heavy atom. The quantitative estimate of drug-likeness (QED) is 0.715. The van der Waals surface area contributed by atoms with Gasteiger partial charge in [-0.2, -0.15) is 0 Å². The molecule has 0 aliphatic rings. The van der Waals surface area contributed by atoms with Gasteiger partial charge < -0.3 is 14.9 Å². The Balaban J connectivity index is 2.28. The van der Waals surface area contributed by atoms with Crippen molar-refractivity contribution in [2.75, 3.05) is 0 Å². The Morgan fingerprint density at radius 2 is 1.78 bits per heavy atom. The summed E-state index contributed by atoms with van der Waals surface area (Å²) in [6, 6.07) is 7.40. The van der Waals surface area contributed by atoms with Crippen molar-refractivity contribution in [2.24, 2.45) is 5.41 Å². The zero-order chi connectivity index (χ0) is 17.3. The Labute approximate surface area is 142 Å². The van der Waals surface area contributed by atoms with Gasteiger partial charge in [-0.25, -0.2) is 0 Å². The number of benzene rings is 1. The third kappa shape index (κ3) is 4.64. The number of rotatable bonds is 5. The van der Waals surface area contributed by atoms with E-state index < -0.39 is 0 Å². The van der Waals surface area contributed by atoms with Gasteiger partial charge in [-0.1, -0.05) is 34.6 Å². The van der Waals surface area contributed by atoms with Crippen LogP contribution in [-0.4, -0.2) is 10.2 Å². The maximum Gasteiger partial charge on any atom is 0.174 e. The lowest BCUT2D eigenvalue weighted by molar-refractivity contribution is 0.280. The summed E-state index contributed by atoms with van der Waals surface area (Å²) < 4.78 is 5.68. The van der Waals surface area contributed by atoms with Crippen LogP contribution >= 0.6 is 11.3 Å². The van der Waals surface area contributed by atoms with Crippen LogP contribution in [0.15, 0.2) is 29.6 Å². The summed E-state index contributed by atoms with van der Waals surface area (Å²) in [7, 11) is 0. The van der Waals surface area contributed by atoms with Crippen LogP contribution in [0.1, 0.15) is 52.2 Å². The minimum absolute atomic E-state index is 0.0886. The molecule has 0 aliphatic carbocycles. The monoisotopic (exact) mass is 334 g/mol. The van der Waals surface area contributed by atoms with Gasteiger partial charge in [0.1, 0.15) is 6.61 Å². The van der Waals surface area contributed by atoms with Crippen molar-refractivity contribution in [3.8, 4) is 16.6 Å². The number of ether oxygens (including phenoxy) is 1. The highest BCUT2D eigenvalue weighted by molar-refractivity contribution is 7.11. The van der Waals surface area contributed by atoms with Gasteiger partial charge in [-0.05, 0) is 52.5 Å². The SMILES string of the molecule is CC(C)(C)CC(C)(C)c1cc(O)c(O)c(COc2cccs2)c1. The van der Waals surface area contributed by atoms with Crippen LogP contribution in [0.2, 0.25) is 0 Å². The lowest BCUT2D eigenvalue weighted by Gasteiger charge is -2.33. The number of thiophene rings is 1. The van der Waals surface area contributed by atoms with Crippen molar-refractivity contribution in [3.05, 3.63) is 40.8 Å². The molecular weight excluding hydrogens is 308 g/mol. The molecule has 0 atom stereocenters. The van der Waals surface area contributed by atoms with Crippen LogP contribution in [0.4, 0.5) is 0 Å². The summed E-state index contributed by atoms with van der Waals surface area (Å²) in [6.07, 6.45) is 0.968. The second-order valence-electron chi connectivity index (χ2n) is 7.85. The fourth-order valence-corrected chi connectivity index (χ4v) is 3.68. The normalized spacial score (nSPS) is 12.4. The maximum absolute atomic E-state index is 10.1. The van der Waals surface area contributed by atoms with Crippen molar-refractivity contribution < 1.29 is 14.9 Å². The van der Waals surface area contributed by atoms with Gasteiger partial charge in [-0.15, -0.1) is 11.3 Å². The first kappa shape index (κ1) is 17.7. The van der Waals surface area contributed by atoms with E-state index in [4.69, 9.17) is 4.74 Å². The molecule has 3 nitrogen and oxygen atoms in total. The Bertz CT molecular complexity index is 652. The molecule has 126 valence electrons. The number of phenolic OH excluding ortho intramolecular Hbond substituents is 2. The minimum atomic E-state index is -0.110. The van der Waals surface area contributed by atoms with Gasteiger partial charge >= 0.3 is 0 Å². The minimum Gasteiger partial charge on any atom is -0.504 e. The Hall–Kier alpha value is -1.68. The molecule has 2 rings (SSSR count). The van der Waals surface area contributed by atoms with Gasteiger partial charge in [0.2, 0.25) is 0 Å². The molecule has 23 heavy (non-hydrogen) atoms. The first-order chi connectivity index (χ1) is 10.6. The Kier molecular flexibility index (Phi) is 4.95. The molecule has 2 N–H and O–H groups in total. The molecule has 0 radical (unpaired) electrons. The fourth-order valence-electron chi connectivity index (χ4n) is 3.10. The van der Waals surface area contributed by atoms with E-state index in [0.29, 0.717) is 5.56 Å². The zero-order valence-corrected chi connectivity index (χ0v) is 15.3. The summed E-state index contributed by atoms with van der Waals surface area (Å²) in [5, 5.41) is 23.0. The van der Waals surface area contributed by atoms with Gasteiger partial charge in [0.25, 0.3) is 0 Å². The van der Waals surface area contributed by atoms with Crippen LogP contribution in [0.3, 0.4) is 0 Å². The van der Waals surface area contributed by atoms with Crippen LogP contribution < -0.4 is 4.74 Å². The predicted octanol–water partition coefficient (Wildman–Crippen LogP) is 5.45. The summed E-state index contributed by atoms with van der Waals surface area (Å²) in [6.45, 7) is 11.2. The molecule has 1 aromatic carbocycles. The smallest absolute Gasteiger partial charge is 0.174 e. The summed E-state index contributed by atoms with van der Waals surface area (Å²) in [5.74, 6) is -0.189. The van der Waals surface area contributed by atoms with Gasteiger partial charge in [0, 0.05) is 5.56 Å². The average Bonchev–Trinajstić information content (AvgIpc) is 2.90. The number of phenols is 2. The zero-order valence-electron chi connectivity index (χ0n) is 14.5. The van der Waals surface area contributed by atoms with E-state index in [1.54, 1.807) is 6.07 Å². The van der Waals surface area contributed by atoms with E-state index in [-0.39, 0.29) is 28.9 Å². The molecule has 0 saturated carbocycles. The van der Waals surface area contributed by atoms with E-state index in [9.17, 15) is 10.2 Å². The van der Waals surface area contributed by atoms with E-state index in [2.05, 4.69) is 34.6 Å². The van der Waals surface area contributed by atoms with Gasteiger partial charge in [-0.3, -0.25) is 0 Å². The number of hydrogen-bond acceptors (Lipinski definition) is 4. The number of hydrogen-bond donors (Lipinski definition) is 2. The molecule has 0 unspecified atom stereocenters. The third-order valence-corrected chi connectivity index (χ3v) is 4.57. The topological polar surface area (TPSA) is 49.7 Å². The molecule has 0 bridgehead atoms. The number of aromatic hydroxyl groups is 2. The van der Waals surface area contributed by atoms with Crippen molar-refractivity contribution in [1.82, 2.24) is 0 Å². The molecule has 0 aliphatic heterocycles. The van der Waals surface area contributed by atoms with Crippen LogP contribution in [-0.2, 0) is 12.0 Å².